The predicted molar refractivity (Wildman–Crippen MR) is 118 cm³/mol. The second kappa shape index (κ2) is 7.77. The molecule has 0 atom stereocenters. The minimum atomic E-state index is -0.422. The van der Waals surface area contributed by atoms with Crippen LogP contribution in [0.2, 0.25) is 0 Å². The highest BCUT2D eigenvalue weighted by Gasteiger charge is 2.34. The maximum atomic E-state index is 9.70. The van der Waals surface area contributed by atoms with Gasteiger partial charge in [0.05, 0.1) is 25.2 Å². The number of rotatable bonds is 5. The van der Waals surface area contributed by atoms with Crippen molar-refractivity contribution in [1.29, 1.82) is 0 Å². The number of aliphatic hydroxyl groups is 2. The van der Waals surface area contributed by atoms with Crippen LogP contribution in [-0.4, -0.2) is 62.8 Å². The van der Waals surface area contributed by atoms with E-state index >= 15 is 0 Å². The molecule has 8 nitrogen and oxygen atoms in total. The molecule has 1 fully saturated rings. The number of benzene rings is 1. The molecule has 4 rings (SSSR count). The summed E-state index contributed by atoms with van der Waals surface area (Å²) in [4.78, 5) is 20.5. The van der Waals surface area contributed by atoms with Crippen LogP contribution in [0.25, 0.3) is 22.4 Å². The first-order valence-electron chi connectivity index (χ1n) is 10.2. The van der Waals surface area contributed by atoms with Crippen molar-refractivity contribution in [3.63, 3.8) is 0 Å². The maximum absolute atomic E-state index is 9.70. The Kier molecular flexibility index (Phi) is 5.29. The number of anilines is 1. The number of piperidine rings is 1. The zero-order valence-electron chi connectivity index (χ0n) is 17.8. The lowest BCUT2D eigenvalue weighted by Crippen LogP contribution is -2.44. The number of aliphatic imine (C=N–C) groups is 1. The molecule has 1 aliphatic rings. The standard InChI is InChI=1S/C22H28N6O2/c1-14-9-16(10-17(23-3)15(14)2)18-19-20(27(4)13-24-19)26-21(25-18)28-7-5-22(11-29,12-30)6-8-28/h9-10,13,29-30H,3,5-8,11-12H2,1-2,4H3. The van der Waals surface area contributed by atoms with Crippen molar-refractivity contribution >= 4 is 29.5 Å². The number of fused-ring (bicyclic) bond motifs is 1. The lowest BCUT2D eigenvalue weighted by atomic mass is 9.80. The Hall–Kier alpha value is -2.84. The van der Waals surface area contributed by atoms with Gasteiger partial charge in [0, 0.05) is 31.1 Å². The van der Waals surface area contributed by atoms with Crippen LogP contribution in [0.15, 0.2) is 23.5 Å². The third-order valence-electron chi connectivity index (χ3n) is 6.41. The summed E-state index contributed by atoms with van der Waals surface area (Å²) < 4.78 is 1.90. The van der Waals surface area contributed by atoms with Gasteiger partial charge in [0.2, 0.25) is 5.95 Å². The van der Waals surface area contributed by atoms with Gasteiger partial charge in [0.25, 0.3) is 0 Å². The summed E-state index contributed by atoms with van der Waals surface area (Å²) in [6, 6.07) is 4.09. The second-order valence-corrected chi connectivity index (χ2v) is 8.30. The number of aliphatic hydroxyl groups excluding tert-OH is 2. The number of hydrogen-bond donors (Lipinski definition) is 2. The van der Waals surface area contributed by atoms with Crippen LogP contribution >= 0.6 is 0 Å². The summed E-state index contributed by atoms with van der Waals surface area (Å²) in [6.45, 7) is 9.13. The highest BCUT2D eigenvalue weighted by Crippen LogP contribution is 2.35. The zero-order chi connectivity index (χ0) is 21.5. The van der Waals surface area contributed by atoms with Gasteiger partial charge in [-0.3, -0.25) is 4.99 Å². The van der Waals surface area contributed by atoms with Gasteiger partial charge in [0.15, 0.2) is 5.65 Å². The number of aryl methyl sites for hydroxylation is 2. The van der Waals surface area contributed by atoms with Crippen LogP contribution in [-0.2, 0) is 7.05 Å². The topological polar surface area (TPSA) is 99.7 Å². The van der Waals surface area contributed by atoms with E-state index in [0.29, 0.717) is 31.9 Å². The molecular weight excluding hydrogens is 380 g/mol. The minimum Gasteiger partial charge on any atom is -0.396 e. The third kappa shape index (κ3) is 3.36. The van der Waals surface area contributed by atoms with E-state index in [-0.39, 0.29) is 13.2 Å². The van der Waals surface area contributed by atoms with Gasteiger partial charge in [-0.1, -0.05) is 0 Å². The molecule has 0 radical (unpaired) electrons. The van der Waals surface area contributed by atoms with E-state index in [2.05, 4.69) is 34.6 Å². The van der Waals surface area contributed by atoms with Crippen molar-refractivity contribution in [1.82, 2.24) is 19.5 Å². The van der Waals surface area contributed by atoms with Crippen molar-refractivity contribution in [2.24, 2.45) is 17.5 Å². The monoisotopic (exact) mass is 408 g/mol. The zero-order valence-corrected chi connectivity index (χ0v) is 17.8. The maximum Gasteiger partial charge on any atom is 0.228 e. The molecule has 30 heavy (non-hydrogen) atoms. The van der Waals surface area contributed by atoms with E-state index < -0.39 is 5.41 Å². The van der Waals surface area contributed by atoms with E-state index in [1.165, 1.54) is 0 Å². The van der Waals surface area contributed by atoms with Crippen LogP contribution in [0.5, 0.6) is 0 Å². The first-order valence-corrected chi connectivity index (χ1v) is 10.2. The molecule has 0 bridgehead atoms. The first-order chi connectivity index (χ1) is 14.4. The van der Waals surface area contributed by atoms with Gasteiger partial charge in [0.1, 0.15) is 11.2 Å². The average Bonchev–Trinajstić information content (AvgIpc) is 3.15. The predicted octanol–water partition coefficient (Wildman–Crippen LogP) is 2.55. The van der Waals surface area contributed by atoms with Gasteiger partial charge in [-0.05, 0) is 56.7 Å². The highest BCUT2D eigenvalue weighted by molar-refractivity contribution is 5.89. The molecular formula is C22H28N6O2. The molecule has 8 heteroatoms. The Bertz CT molecular complexity index is 1090. The van der Waals surface area contributed by atoms with E-state index in [1.54, 1.807) is 6.33 Å². The van der Waals surface area contributed by atoms with Crippen LogP contribution in [0.1, 0.15) is 24.0 Å². The van der Waals surface area contributed by atoms with Crippen LogP contribution < -0.4 is 4.90 Å². The van der Waals surface area contributed by atoms with Gasteiger partial charge >= 0.3 is 0 Å². The summed E-state index contributed by atoms with van der Waals surface area (Å²) >= 11 is 0. The smallest absolute Gasteiger partial charge is 0.228 e. The Morgan fingerprint density at radius 2 is 1.83 bits per heavy atom. The summed E-state index contributed by atoms with van der Waals surface area (Å²) in [5.74, 6) is 0.636. The van der Waals surface area contributed by atoms with Crippen molar-refractivity contribution in [2.45, 2.75) is 26.7 Å². The van der Waals surface area contributed by atoms with Crippen molar-refractivity contribution in [2.75, 3.05) is 31.2 Å². The van der Waals surface area contributed by atoms with E-state index in [9.17, 15) is 10.2 Å². The van der Waals surface area contributed by atoms with Crippen molar-refractivity contribution in [3.05, 3.63) is 29.6 Å². The molecule has 0 spiro atoms. The number of aromatic nitrogens is 4. The molecule has 158 valence electrons. The summed E-state index contributed by atoms with van der Waals surface area (Å²) in [7, 11) is 1.92. The second-order valence-electron chi connectivity index (χ2n) is 8.30. The van der Waals surface area contributed by atoms with Crippen LogP contribution in [0.3, 0.4) is 0 Å². The molecule has 1 saturated heterocycles. The van der Waals surface area contributed by atoms with Gasteiger partial charge in [-0.2, -0.15) is 4.98 Å². The molecule has 1 aliphatic heterocycles. The molecule has 3 heterocycles. The minimum absolute atomic E-state index is 0.00974. The average molecular weight is 409 g/mol. The third-order valence-corrected chi connectivity index (χ3v) is 6.41. The quantitative estimate of drug-likeness (QED) is 0.630. The molecule has 0 amide bonds. The van der Waals surface area contributed by atoms with Crippen molar-refractivity contribution < 1.29 is 10.2 Å². The van der Waals surface area contributed by atoms with Gasteiger partial charge < -0.3 is 19.7 Å². The molecule has 1 aromatic carbocycles. The number of imidazole rings is 1. The number of nitrogens with zero attached hydrogens (tertiary/aromatic N) is 6. The fourth-order valence-electron chi connectivity index (χ4n) is 4.03. The molecule has 2 N–H and O–H groups in total. The highest BCUT2D eigenvalue weighted by atomic mass is 16.3. The van der Waals surface area contributed by atoms with Crippen LogP contribution in [0, 0.1) is 19.3 Å². The molecule has 3 aromatic rings. The fraction of sp³-hybridized carbons (Fsp3) is 0.455. The molecule has 2 aromatic heterocycles. The first kappa shape index (κ1) is 20.4. The van der Waals surface area contributed by atoms with E-state index in [4.69, 9.17) is 9.97 Å². The lowest BCUT2D eigenvalue weighted by molar-refractivity contribution is 0.0338. The molecule has 0 aliphatic carbocycles. The van der Waals surface area contributed by atoms with Gasteiger partial charge in [-0.25, -0.2) is 9.97 Å². The van der Waals surface area contributed by atoms with E-state index in [0.717, 1.165) is 39.2 Å². The Morgan fingerprint density at radius 1 is 1.13 bits per heavy atom. The Labute approximate surface area is 176 Å². The molecule has 0 saturated carbocycles. The largest absolute Gasteiger partial charge is 0.396 e. The molecule has 0 unspecified atom stereocenters. The van der Waals surface area contributed by atoms with Crippen LogP contribution in [0.4, 0.5) is 11.6 Å². The van der Waals surface area contributed by atoms with Crippen molar-refractivity contribution in [3.8, 4) is 11.3 Å². The SMILES string of the molecule is C=Nc1cc(-c2nc(N3CCC(CO)(CO)CC3)nc3c2ncn3C)cc(C)c1C. The fourth-order valence-corrected chi connectivity index (χ4v) is 4.03. The lowest BCUT2D eigenvalue weighted by Gasteiger charge is -2.39. The Morgan fingerprint density at radius 3 is 2.47 bits per heavy atom. The normalized spacial score (nSPS) is 16.2. The van der Waals surface area contributed by atoms with Gasteiger partial charge in [-0.15, -0.1) is 0 Å². The summed E-state index contributed by atoms with van der Waals surface area (Å²) in [5, 5.41) is 19.4. The number of hydrogen-bond acceptors (Lipinski definition) is 7. The Balaban J connectivity index is 1.81. The van der Waals surface area contributed by atoms with E-state index in [1.807, 2.05) is 24.6 Å². The summed E-state index contributed by atoms with van der Waals surface area (Å²) in [5.41, 5.74) is 5.85. The summed E-state index contributed by atoms with van der Waals surface area (Å²) in [6.07, 6.45) is 3.13.